The summed E-state index contributed by atoms with van der Waals surface area (Å²) in [6.07, 6.45) is 3.25. The number of rotatable bonds is 8. The number of carbonyl (C=O) groups excluding carboxylic acids is 1. The summed E-state index contributed by atoms with van der Waals surface area (Å²) in [5.74, 6) is 0.811. The van der Waals surface area contributed by atoms with Crippen molar-refractivity contribution in [1.29, 1.82) is 0 Å². The van der Waals surface area contributed by atoms with E-state index < -0.39 is 0 Å². The molecule has 1 unspecified atom stereocenters. The number of guanidine groups is 1. The fraction of sp³-hybridized carbons (Fsp3) is 0.450. The molecule has 7 nitrogen and oxygen atoms in total. The number of hydrogen-bond acceptors (Lipinski definition) is 5. The van der Waals surface area contributed by atoms with Gasteiger partial charge in [-0.3, -0.25) is 9.79 Å². The van der Waals surface area contributed by atoms with Crippen LogP contribution in [0.2, 0.25) is 0 Å². The molecule has 1 fully saturated rings. The Balaban J connectivity index is 0.00000320. The lowest BCUT2D eigenvalue weighted by molar-refractivity contribution is 0.0957. The molecule has 2 aromatic rings. The van der Waals surface area contributed by atoms with Gasteiger partial charge in [0.1, 0.15) is 0 Å². The monoisotopic (exact) mass is 546 g/mol. The van der Waals surface area contributed by atoms with Crippen LogP contribution in [0.5, 0.6) is 0 Å². The maximum Gasteiger partial charge on any atom is 0.261 e. The molecule has 3 heterocycles. The lowest BCUT2D eigenvalue weighted by atomic mass is 10.3. The van der Waals surface area contributed by atoms with E-state index in [1.165, 1.54) is 17.4 Å². The number of nitrogens with one attached hydrogen (secondary N) is 3. The Morgan fingerprint density at radius 2 is 2.23 bits per heavy atom. The van der Waals surface area contributed by atoms with Crippen LogP contribution >= 0.6 is 35.3 Å². The topological polar surface area (TPSA) is 81.6 Å². The molecule has 1 atom stereocenters. The molecule has 1 saturated heterocycles. The van der Waals surface area contributed by atoms with Gasteiger partial charge in [0.05, 0.1) is 4.88 Å². The van der Waals surface area contributed by atoms with Crippen LogP contribution in [-0.4, -0.2) is 55.6 Å². The Kier molecular flexibility index (Phi) is 10.3. The van der Waals surface area contributed by atoms with Gasteiger partial charge in [-0.2, -0.15) is 0 Å². The van der Waals surface area contributed by atoms with Gasteiger partial charge in [-0.1, -0.05) is 6.07 Å². The first kappa shape index (κ1) is 24.3. The van der Waals surface area contributed by atoms with Crippen LogP contribution in [0.15, 0.2) is 40.8 Å². The van der Waals surface area contributed by atoms with Crippen LogP contribution in [0.3, 0.4) is 0 Å². The van der Waals surface area contributed by atoms with Gasteiger partial charge in [-0.25, -0.2) is 9.37 Å². The van der Waals surface area contributed by atoms with Gasteiger partial charge in [0, 0.05) is 45.0 Å². The number of anilines is 1. The molecule has 30 heavy (non-hydrogen) atoms. The minimum absolute atomic E-state index is 0. The predicted molar refractivity (Wildman–Crippen MR) is 131 cm³/mol. The molecule has 3 rings (SSSR count). The van der Waals surface area contributed by atoms with Gasteiger partial charge < -0.3 is 20.9 Å². The Morgan fingerprint density at radius 3 is 2.97 bits per heavy atom. The smallest absolute Gasteiger partial charge is 0.261 e. The molecule has 10 heteroatoms. The zero-order valence-electron chi connectivity index (χ0n) is 16.9. The van der Waals surface area contributed by atoms with Crippen molar-refractivity contribution in [2.75, 3.05) is 37.6 Å². The van der Waals surface area contributed by atoms with Crippen molar-refractivity contribution in [1.82, 2.24) is 20.9 Å². The highest BCUT2D eigenvalue weighted by atomic mass is 127. The first-order chi connectivity index (χ1) is 14.2. The van der Waals surface area contributed by atoms with Crippen LogP contribution in [0.4, 0.5) is 10.2 Å². The second kappa shape index (κ2) is 12.7. The summed E-state index contributed by atoms with van der Waals surface area (Å²) in [6, 6.07) is 6.89. The van der Waals surface area contributed by atoms with E-state index in [-0.39, 0.29) is 41.7 Å². The highest BCUT2D eigenvalue weighted by molar-refractivity contribution is 14.0. The summed E-state index contributed by atoms with van der Waals surface area (Å²) < 4.78 is 13.9. The third kappa shape index (κ3) is 7.08. The minimum atomic E-state index is -0.293. The van der Waals surface area contributed by atoms with Crippen LogP contribution in [0.1, 0.15) is 29.4 Å². The summed E-state index contributed by atoms with van der Waals surface area (Å²) in [6.45, 7) is 5.38. The molecule has 1 aliphatic heterocycles. The van der Waals surface area contributed by atoms with E-state index in [4.69, 9.17) is 0 Å². The molecule has 1 aliphatic rings. The highest BCUT2D eigenvalue weighted by Crippen LogP contribution is 2.20. The summed E-state index contributed by atoms with van der Waals surface area (Å²) in [7, 11) is 0. The molecule has 0 bridgehead atoms. The summed E-state index contributed by atoms with van der Waals surface area (Å²) in [4.78, 5) is 23.3. The average molecular weight is 546 g/mol. The molecule has 2 aromatic heterocycles. The zero-order valence-corrected chi connectivity index (χ0v) is 20.1. The SMILES string of the molecule is CCNC(=NCCCNC(=O)c1cccs1)NC1CCN(c2ncccc2F)C1.I. The molecule has 0 aromatic carbocycles. The Labute approximate surface area is 197 Å². The van der Waals surface area contributed by atoms with E-state index in [1.54, 1.807) is 12.3 Å². The number of halogens is 2. The molecule has 164 valence electrons. The highest BCUT2D eigenvalue weighted by Gasteiger charge is 2.25. The first-order valence-electron chi connectivity index (χ1n) is 9.89. The van der Waals surface area contributed by atoms with Crippen LogP contribution in [0, 0.1) is 5.82 Å². The third-order valence-electron chi connectivity index (χ3n) is 4.55. The van der Waals surface area contributed by atoms with Crippen molar-refractivity contribution in [2.24, 2.45) is 4.99 Å². The molecule has 0 aliphatic carbocycles. The number of carbonyl (C=O) groups is 1. The molecule has 0 spiro atoms. The second-order valence-electron chi connectivity index (χ2n) is 6.73. The number of aromatic nitrogens is 1. The quantitative estimate of drug-likeness (QED) is 0.206. The third-order valence-corrected chi connectivity index (χ3v) is 5.42. The van der Waals surface area contributed by atoms with E-state index in [0.29, 0.717) is 25.5 Å². The summed E-state index contributed by atoms with van der Waals surface area (Å²) in [5.41, 5.74) is 0. The van der Waals surface area contributed by atoms with Crippen LogP contribution < -0.4 is 20.9 Å². The van der Waals surface area contributed by atoms with Gasteiger partial charge in [-0.15, -0.1) is 35.3 Å². The number of thiophene rings is 1. The second-order valence-corrected chi connectivity index (χ2v) is 7.68. The van der Waals surface area contributed by atoms with Crippen LogP contribution in [-0.2, 0) is 0 Å². The van der Waals surface area contributed by atoms with Crippen molar-refractivity contribution in [3.05, 3.63) is 46.5 Å². The van der Waals surface area contributed by atoms with Crippen molar-refractivity contribution in [3.8, 4) is 0 Å². The van der Waals surface area contributed by atoms with Gasteiger partial charge in [0.2, 0.25) is 0 Å². The summed E-state index contributed by atoms with van der Waals surface area (Å²) in [5, 5.41) is 11.5. The fourth-order valence-corrected chi connectivity index (χ4v) is 3.80. The van der Waals surface area contributed by atoms with Crippen molar-refractivity contribution in [2.45, 2.75) is 25.8 Å². The first-order valence-corrected chi connectivity index (χ1v) is 10.8. The molecular weight excluding hydrogens is 518 g/mol. The molecular formula is C20H28FIN6OS. The number of pyridine rings is 1. The number of nitrogens with zero attached hydrogens (tertiary/aromatic N) is 3. The van der Waals surface area contributed by atoms with E-state index in [0.717, 1.165) is 36.8 Å². The van der Waals surface area contributed by atoms with Crippen molar-refractivity contribution in [3.63, 3.8) is 0 Å². The number of aliphatic imine (C=N–C) groups is 1. The Hall–Kier alpha value is -1.95. The van der Waals surface area contributed by atoms with Gasteiger partial charge in [-0.05, 0) is 43.3 Å². The fourth-order valence-electron chi connectivity index (χ4n) is 3.16. The molecule has 1 amide bonds. The maximum absolute atomic E-state index is 13.9. The predicted octanol–water partition coefficient (Wildman–Crippen LogP) is 2.85. The largest absolute Gasteiger partial charge is 0.357 e. The van der Waals surface area contributed by atoms with E-state index in [9.17, 15) is 9.18 Å². The number of hydrogen-bond donors (Lipinski definition) is 3. The van der Waals surface area contributed by atoms with E-state index >= 15 is 0 Å². The standard InChI is InChI=1S/C20H27FN6OS.HI/c1-2-22-20(25-11-5-10-24-19(28)17-7-4-13-29-17)26-15-8-12-27(14-15)18-16(21)6-3-9-23-18;/h3-4,6-7,9,13,15H,2,5,8,10-12,14H2,1H3,(H,24,28)(H2,22,25,26);1H. The molecule has 3 N–H and O–H groups in total. The van der Waals surface area contributed by atoms with Crippen molar-refractivity contribution < 1.29 is 9.18 Å². The number of amides is 1. The Bertz CT molecular complexity index is 819. The van der Waals surface area contributed by atoms with E-state index in [1.807, 2.05) is 29.3 Å². The van der Waals surface area contributed by atoms with Gasteiger partial charge in [0.25, 0.3) is 5.91 Å². The molecule has 0 radical (unpaired) electrons. The molecule has 0 saturated carbocycles. The summed E-state index contributed by atoms with van der Waals surface area (Å²) >= 11 is 1.43. The minimum Gasteiger partial charge on any atom is -0.357 e. The van der Waals surface area contributed by atoms with Crippen LogP contribution in [0.25, 0.3) is 0 Å². The van der Waals surface area contributed by atoms with Crippen molar-refractivity contribution >= 4 is 53.0 Å². The normalized spacial score (nSPS) is 16.1. The van der Waals surface area contributed by atoms with Gasteiger partial charge >= 0.3 is 0 Å². The van der Waals surface area contributed by atoms with Gasteiger partial charge in [0.15, 0.2) is 17.6 Å². The maximum atomic E-state index is 13.9. The average Bonchev–Trinajstić information content (AvgIpc) is 3.40. The lowest BCUT2D eigenvalue weighted by Gasteiger charge is -2.20. The Morgan fingerprint density at radius 1 is 1.37 bits per heavy atom. The zero-order chi connectivity index (χ0) is 20.5. The van der Waals surface area contributed by atoms with E-state index in [2.05, 4.69) is 25.9 Å². The lowest BCUT2D eigenvalue weighted by Crippen LogP contribution is -2.44.